The molecule has 0 radical (unpaired) electrons. The van der Waals surface area contributed by atoms with Crippen molar-refractivity contribution < 1.29 is 22.5 Å². The molecule has 1 atom stereocenters. The van der Waals surface area contributed by atoms with E-state index < -0.39 is 23.7 Å². The van der Waals surface area contributed by atoms with Crippen LogP contribution in [0.3, 0.4) is 0 Å². The molecular formula is C20H17BrF3N3O2. The number of benzene rings is 2. The normalized spacial score (nSPS) is 12.8. The summed E-state index contributed by atoms with van der Waals surface area (Å²) in [6, 6.07) is 10.8. The van der Waals surface area contributed by atoms with Crippen LogP contribution in [0.2, 0.25) is 0 Å². The van der Waals surface area contributed by atoms with E-state index in [0.717, 1.165) is 34.3 Å². The fraction of sp³-hybridized carbons (Fsp3) is 0.250. The summed E-state index contributed by atoms with van der Waals surface area (Å²) in [6.07, 6.45) is -4.46. The van der Waals surface area contributed by atoms with Crippen molar-refractivity contribution in [2.75, 3.05) is 0 Å². The zero-order chi connectivity index (χ0) is 21.2. The number of alkyl halides is 3. The van der Waals surface area contributed by atoms with Crippen LogP contribution in [0.5, 0.6) is 0 Å². The molecule has 1 aromatic heterocycles. The molecule has 5 nitrogen and oxygen atoms in total. The van der Waals surface area contributed by atoms with Crippen molar-refractivity contribution in [3.63, 3.8) is 0 Å². The van der Waals surface area contributed by atoms with Crippen LogP contribution in [-0.4, -0.2) is 16.0 Å². The summed E-state index contributed by atoms with van der Waals surface area (Å²) in [4.78, 5) is 16.9. The van der Waals surface area contributed by atoms with E-state index in [1.807, 2.05) is 38.1 Å². The van der Waals surface area contributed by atoms with Crippen molar-refractivity contribution in [2.45, 2.75) is 26.1 Å². The predicted octanol–water partition coefficient (Wildman–Crippen LogP) is 5.65. The van der Waals surface area contributed by atoms with Gasteiger partial charge in [-0.25, -0.2) is 0 Å². The first kappa shape index (κ1) is 21.0. The smallest absolute Gasteiger partial charge is 0.340 e. The molecule has 1 unspecified atom stereocenters. The Bertz CT molecular complexity index is 983. The van der Waals surface area contributed by atoms with Crippen molar-refractivity contribution >= 4 is 21.8 Å². The maximum absolute atomic E-state index is 12.7. The number of carbonyl (C=O) groups excluding carboxylic acids is 1. The van der Waals surface area contributed by atoms with Crippen molar-refractivity contribution in [1.29, 1.82) is 0 Å². The summed E-state index contributed by atoms with van der Waals surface area (Å²) in [6.45, 7) is 3.72. The minimum atomic E-state index is -4.46. The fourth-order valence-corrected chi connectivity index (χ4v) is 2.89. The van der Waals surface area contributed by atoms with Gasteiger partial charge in [-0.05, 0) is 54.4 Å². The van der Waals surface area contributed by atoms with Gasteiger partial charge in [0, 0.05) is 15.6 Å². The van der Waals surface area contributed by atoms with E-state index in [4.69, 9.17) is 4.52 Å². The van der Waals surface area contributed by atoms with E-state index in [-0.39, 0.29) is 17.4 Å². The highest BCUT2D eigenvalue weighted by molar-refractivity contribution is 9.10. The van der Waals surface area contributed by atoms with Gasteiger partial charge < -0.3 is 9.84 Å². The molecule has 9 heteroatoms. The van der Waals surface area contributed by atoms with Gasteiger partial charge in [0.05, 0.1) is 5.56 Å². The number of halogens is 4. The molecule has 0 aliphatic heterocycles. The van der Waals surface area contributed by atoms with Crippen LogP contribution in [0.4, 0.5) is 13.2 Å². The Morgan fingerprint density at radius 3 is 2.24 bits per heavy atom. The Balaban J connectivity index is 1.78. The SMILES string of the molecule is CC(C)C(NC(=O)c1ccc(C(F)(F)F)cc1)c1nc(-c2ccc(Br)cc2)no1. The lowest BCUT2D eigenvalue weighted by atomic mass is 10.0. The minimum Gasteiger partial charge on any atom is -0.340 e. The standard InChI is InChI=1S/C20H17BrF3N3O2/c1-11(2)16(19-26-17(27-29-19)12-5-9-15(21)10-6-12)25-18(28)13-3-7-14(8-4-13)20(22,23)24/h3-11,16H,1-2H3,(H,25,28). The summed E-state index contributed by atoms with van der Waals surface area (Å²) in [5.74, 6) is -0.0208. The number of amides is 1. The Morgan fingerprint density at radius 2 is 1.69 bits per heavy atom. The molecule has 2 aromatic carbocycles. The molecule has 0 aliphatic carbocycles. The monoisotopic (exact) mass is 467 g/mol. The zero-order valence-electron chi connectivity index (χ0n) is 15.5. The topological polar surface area (TPSA) is 68.0 Å². The number of hydrogen-bond donors (Lipinski definition) is 1. The zero-order valence-corrected chi connectivity index (χ0v) is 17.1. The molecule has 29 heavy (non-hydrogen) atoms. The Labute approximate surface area is 173 Å². The van der Waals surface area contributed by atoms with Crippen LogP contribution < -0.4 is 5.32 Å². The third-order valence-corrected chi connectivity index (χ3v) is 4.77. The van der Waals surface area contributed by atoms with Crippen LogP contribution in [0.15, 0.2) is 57.5 Å². The molecule has 3 aromatic rings. The molecule has 0 fully saturated rings. The maximum Gasteiger partial charge on any atom is 0.416 e. The van der Waals surface area contributed by atoms with Gasteiger partial charge in [0.2, 0.25) is 11.7 Å². The second-order valence-corrected chi connectivity index (χ2v) is 7.65. The number of aromatic nitrogens is 2. The van der Waals surface area contributed by atoms with Crippen LogP contribution in [0.1, 0.15) is 41.7 Å². The fourth-order valence-electron chi connectivity index (χ4n) is 2.63. The van der Waals surface area contributed by atoms with Crippen LogP contribution in [0, 0.1) is 5.92 Å². The van der Waals surface area contributed by atoms with Gasteiger partial charge in [-0.2, -0.15) is 18.2 Å². The second-order valence-electron chi connectivity index (χ2n) is 6.73. The van der Waals surface area contributed by atoms with E-state index in [9.17, 15) is 18.0 Å². The average molecular weight is 468 g/mol. The highest BCUT2D eigenvalue weighted by atomic mass is 79.9. The number of nitrogens with one attached hydrogen (secondary N) is 1. The Morgan fingerprint density at radius 1 is 1.07 bits per heavy atom. The highest BCUT2D eigenvalue weighted by Gasteiger charge is 2.30. The van der Waals surface area contributed by atoms with Crippen LogP contribution in [-0.2, 0) is 6.18 Å². The number of hydrogen-bond acceptors (Lipinski definition) is 4. The van der Waals surface area contributed by atoms with E-state index in [1.54, 1.807) is 0 Å². The number of rotatable bonds is 5. The molecule has 152 valence electrons. The van der Waals surface area contributed by atoms with Gasteiger partial charge in [-0.3, -0.25) is 4.79 Å². The molecule has 0 bridgehead atoms. The lowest BCUT2D eigenvalue weighted by molar-refractivity contribution is -0.137. The molecule has 0 saturated carbocycles. The van der Waals surface area contributed by atoms with Crippen molar-refractivity contribution in [2.24, 2.45) is 5.92 Å². The van der Waals surface area contributed by atoms with E-state index in [0.29, 0.717) is 5.82 Å². The summed E-state index contributed by atoms with van der Waals surface area (Å²) < 4.78 is 44.3. The first-order chi connectivity index (χ1) is 13.6. The number of nitrogens with zero attached hydrogens (tertiary/aromatic N) is 2. The van der Waals surface area contributed by atoms with Crippen LogP contribution in [0.25, 0.3) is 11.4 Å². The van der Waals surface area contributed by atoms with Gasteiger partial charge in [-0.15, -0.1) is 0 Å². The molecule has 1 N–H and O–H groups in total. The van der Waals surface area contributed by atoms with Crippen molar-refractivity contribution in [1.82, 2.24) is 15.5 Å². The molecular weight excluding hydrogens is 451 g/mol. The van der Waals surface area contributed by atoms with Gasteiger partial charge in [0.15, 0.2) is 0 Å². The quantitative estimate of drug-likeness (QED) is 0.526. The first-order valence-corrected chi connectivity index (χ1v) is 9.52. The van der Waals surface area contributed by atoms with E-state index in [2.05, 4.69) is 31.4 Å². The third-order valence-electron chi connectivity index (χ3n) is 4.24. The number of carbonyl (C=O) groups is 1. The van der Waals surface area contributed by atoms with Crippen molar-refractivity contribution in [3.8, 4) is 11.4 Å². The summed E-state index contributed by atoms with van der Waals surface area (Å²) in [5, 5.41) is 6.72. The molecule has 3 rings (SSSR count). The third kappa shape index (κ3) is 5.03. The Kier molecular flexibility index (Phi) is 6.07. The summed E-state index contributed by atoms with van der Waals surface area (Å²) >= 11 is 3.36. The van der Waals surface area contributed by atoms with Gasteiger partial charge in [-0.1, -0.05) is 34.9 Å². The lowest BCUT2D eigenvalue weighted by Gasteiger charge is -2.18. The van der Waals surface area contributed by atoms with Crippen molar-refractivity contribution in [3.05, 3.63) is 70.0 Å². The predicted molar refractivity (Wildman–Crippen MR) is 104 cm³/mol. The first-order valence-electron chi connectivity index (χ1n) is 8.73. The lowest BCUT2D eigenvalue weighted by Crippen LogP contribution is -2.32. The largest absolute Gasteiger partial charge is 0.416 e. The molecule has 1 heterocycles. The molecule has 0 spiro atoms. The second kappa shape index (κ2) is 8.36. The van der Waals surface area contributed by atoms with E-state index >= 15 is 0 Å². The minimum absolute atomic E-state index is 0.0911. The van der Waals surface area contributed by atoms with Gasteiger partial charge in [0.1, 0.15) is 6.04 Å². The Hall–Kier alpha value is -2.68. The average Bonchev–Trinajstić information content (AvgIpc) is 3.15. The van der Waals surface area contributed by atoms with Gasteiger partial charge >= 0.3 is 6.18 Å². The molecule has 1 amide bonds. The maximum atomic E-state index is 12.7. The molecule has 0 saturated heterocycles. The summed E-state index contributed by atoms with van der Waals surface area (Å²) in [5.41, 5.74) is 0.0431. The van der Waals surface area contributed by atoms with E-state index in [1.165, 1.54) is 0 Å². The summed E-state index contributed by atoms with van der Waals surface area (Å²) in [7, 11) is 0. The molecule has 0 aliphatic rings. The van der Waals surface area contributed by atoms with Gasteiger partial charge in [0.25, 0.3) is 5.91 Å². The highest BCUT2D eigenvalue weighted by Crippen LogP contribution is 2.29. The van der Waals surface area contributed by atoms with Crippen LogP contribution >= 0.6 is 15.9 Å².